The summed E-state index contributed by atoms with van der Waals surface area (Å²) in [6.45, 7) is 1.18. The quantitative estimate of drug-likeness (QED) is 0.835. The maximum Gasteiger partial charge on any atom is 0.416 e. The summed E-state index contributed by atoms with van der Waals surface area (Å²) in [5.41, 5.74) is -0.699. The molecule has 0 bridgehead atoms. The van der Waals surface area contributed by atoms with Crippen LogP contribution < -0.4 is 14.4 Å². The third-order valence-electron chi connectivity index (χ3n) is 5.83. The fourth-order valence-electron chi connectivity index (χ4n) is 4.35. The molecule has 0 amide bonds. The summed E-state index contributed by atoms with van der Waals surface area (Å²) in [5.74, 6) is 1.91. The minimum atomic E-state index is -4.39. The minimum Gasteiger partial charge on any atom is -0.493 e. The molecular weight excluding hydrogens is 385 g/mol. The number of anilines is 1. The SMILES string of the molecule is COc1ccccc1O[C@@H]1C[C@@H]2CN(c3cc(C(F)(F)F)ccn3)C[C@@H]2C[C@H]1O. The number of nitrogens with zero attached hydrogens (tertiary/aromatic N) is 2. The van der Waals surface area contributed by atoms with Crippen LogP contribution in [-0.2, 0) is 6.18 Å². The molecule has 156 valence electrons. The standard InChI is InChI=1S/C21H23F3N2O3/c1-28-17-4-2-3-5-18(17)29-19-9-14-12-26(11-13(14)8-16(19)27)20-10-15(6-7-25-20)21(22,23)24/h2-7,10,13-14,16,19,27H,8-9,11-12H2,1H3/t13-,14+,16+,19+/m0/s1. The van der Waals surface area contributed by atoms with Gasteiger partial charge in [0.1, 0.15) is 11.9 Å². The van der Waals surface area contributed by atoms with Crippen LogP contribution in [0.2, 0.25) is 0 Å². The first-order valence-electron chi connectivity index (χ1n) is 9.61. The third kappa shape index (κ3) is 4.12. The predicted octanol–water partition coefficient (Wildman–Crippen LogP) is 3.76. The van der Waals surface area contributed by atoms with Gasteiger partial charge in [-0.25, -0.2) is 4.98 Å². The Labute approximate surface area is 167 Å². The normalized spacial score (nSPS) is 26.9. The molecule has 1 saturated heterocycles. The summed E-state index contributed by atoms with van der Waals surface area (Å²) >= 11 is 0. The lowest BCUT2D eigenvalue weighted by atomic mass is 9.78. The predicted molar refractivity (Wildman–Crippen MR) is 101 cm³/mol. The van der Waals surface area contributed by atoms with Gasteiger partial charge in [0.15, 0.2) is 11.5 Å². The fraction of sp³-hybridized carbons (Fsp3) is 0.476. The van der Waals surface area contributed by atoms with Gasteiger partial charge in [0.05, 0.1) is 18.8 Å². The molecule has 29 heavy (non-hydrogen) atoms. The monoisotopic (exact) mass is 408 g/mol. The van der Waals surface area contributed by atoms with Crippen molar-refractivity contribution in [1.82, 2.24) is 4.98 Å². The van der Waals surface area contributed by atoms with Crippen molar-refractivity contribution in [3.8, 4) is 11.5 Å². The van der Waals surface area contributed by atoms with E-state index in [9.17, 15) is 18.3 Å². The summed E-state index contributed by atoms with van der Waals surface area (Å²) in [7, 11) is 1.56. The van der Waals surface area contributed by atoms with Crippen molar-refractivity contribution in [1.29, 1.82) is 0 Å². The van der Waals surface area contributed by atoms with Crippen LogP contribution in [0.3, 0.4) is 0 Å². The van der Waals surface area contributed by atoms with Crippen LogP contribution in [0, 0.1) is 11.8 Å². The minimum absolute atomic E-state index is 0.193. The Balaban J connectivity index is 1.47. The second-order valence-electron chi connectivity index (χ2n) is 7.67. The Bertz CT molecular complexity index is 861. The molecule has 2 heterocycles. The van der Waals surface area contributed by atoms with Crippen LogP contribution in [0.1, 0.15) is 18.4 Å². The zero-order valence-corrected chi connectivity index (χ0v) is 16.0. The summed E-state index contributed by atoms with van der Waals surface area (Å²) in [5, 5.41) is 10.6. The van der Waals surface area contributed by atoms with Crippen molar-refractivity contribution in [2.45, 2.75) is 31.2 Å². The largest absolute Gasteiger partial charge is 0.493 e. The van der Waals surface area contributed by atoms with Gasteiger partial charge in [-0.15, -0.1) is 0 Å². The summed E-state index contributed by atoms with van der Waals surface area (Å²) in [6.07, 6.45) is -3.06. The van der Waals surface area contributed by atoms with Crippen LogP contribution in [-0.4, -0.2) is 42.5 Å². The van der Waals surface area contributed by atoms with Gasteiger partial charge in [-0.1, -0.05) is 12.1 Å². The van der Waals surface area contributed by atoms with E-state index in [1.165, 1.54) is 6.20 Å². The van der Waals surface area contributed by atoms with Crippen LogP contribution >= 0.6 is 0 Å². The number of aromatic nitrogens is 1. The molecule has 2 fully saturated rings. The lowest BCUT2D eigenvalue weighted by molar-refractivity contribution is -0.137. The molecule has 1 aromatic heterocycles. The molecule has 1 aliphatic carbocycles. The van der Waals surface area contributed by atoms with Gasteiger partial charge in [-0.05, 0) is 48.9 Å². The van der Waals surface area contributed by atoms with E-state index in [0.717, 1.165) is 12.1 Å². The highest BCUT2D eigenvalue weighted by Gasteiger charge is 2.43. The zero-order chi connectivity index (χ0) is 20.6. The maximum atomic E-state index is 13.0. The molecule has 2 aromatic rings. The lowest BCUT2D eigenvalue weighted by Gasteiger charge is -2.35. The van der Waals surface area contributed by atoms with E-state index in [-0.39, 0.29) is 17.9 Å². The first-order chi connectivity index (χ1) is 13.8. The molecule has 4 rings (SSSR count). The second kappa shape index (κ2) is 7.74. The molecule has 4 atom stereocenters. The van der Waals surface area contributed by atoms with E-state index in [1.807, 2.05) is 17.0 Å². The number of aliphatic hydroxyl groups excluding tert-OH is 1. The van der Waals surface area contributed by atoms with Crippen molar-refractivity contribution < 1.29 is 27.8 Å². The van der Waals surface area contributed by atoms with Crippen LogP contribution in [0.5, 0.6) is 11.5 Å². The summed E-state index contributed by atoms with van der Waals surface area (Å²) in [6, 6.07) is 9.35. The van der Waals surface area contributed by atoms with Crippen LogP contribution in [0.4, 0.5) is 19.0 Å². The molecule has 1 N–H and O–H groups in total. The van der Waals surface area contributed by atoms with Crippen molar-refractivity contribution in [3.63, 3.8) is 0 Å². The average molecular weight is 408 g/mol. The first kappa shape index (κ1) is 19.8. The van der Waals surface area contributed by atoms with Crippen LogP contribution in [0.25, 0.3) is 0 Å². The third-order valence-corrected chi connectivity index (χ3v) is 5.83. The number of alkyl halides is 3. The van der Waals surface area contributed by atoms with E-state index >= 15 is 0 Å². The van der Waals surface area contributed by atoms with Gasteiger partial charge in [-0.3, -0.25) is 0 Å². The number of halogens is 3. The molecule has 0 spiro atoms. The zero-order valence-electron chi connectivity index (χ0n) is 16.0. The summed E-state index contributed by atoms with van der Waals surface area (Å²) < 4.78 is 50.4. The Morgan fingerprint density at radius 1 is 1.07 bits per heavy atom. The number of hydrogen-bond donors (Lipinski definition) is 1. The van der Waals surface area contributed by atoms with Gasteiger partial charge in [0, 0.05) is 19.3 Å². The van der Waals surface area contributed by atoms with E-state index in [0.29, 0.717) is 43.2 Å². The van der Waals surface area contributed by atoms with Gasteiger partial charge in [0.2, 0.25) is 0 Å². The number of hydrogen-bond acceptors (Lipinski definition) is 5. The fourth-order valence-corrected chi connectivity index (χ4v) is 4.35. The number of aliphatic hydroxyl groups is 1. The van der Waals surface area contributed by atoms with Gasteiger partial charge in [-0.2, -0.15) is 13.2 Å². The van der Waals surface area contributed by atoms with Crippen molar-refractivity contribution in [2.75, 3.05) is 25.1 Å². The van der Waals surface area contributed by atoms with E-state index in [4.69, 9.17) is 9.47 Å². The Kier molecular flexibility index (Phi) is 5.29. The van der Waals surface area contributed by atoms with Gasteiger partial charge < -0.3 is 19.5 Å². The van der Waals surface area contributed by atoms with Crippen molar-refractivity contribution in [2.24, 2.45) is 11.8 Å². The van der Waals surface area contributed by atoms with E-state index in [1.54, 1.807) is 19.2 Å². The molecule has 0 radical (unpaired) electrons. The molecule has 1 saturated carbocycles. The first-order valence-corrected chi connectivity index (χ1v) is 9.61. The number of pyridine rings is 1. The second-order valence-corrected chi connectivity index (χ2v) is 7.67. The Morgan fingerprint density at radius 2 is 1.76 bits per heavy atom. The van der Waals surface area contributed by atoms with Crippen molar-refractivity contribution in [3.05, 3.63) is 48.2 Å². The number of methoxy groups -OCH3 is 1. The summed E-state index contributed by atoms with van der Waals surface area (Å²) in [4.78, 5) is 6.01. The molecule has 0 unspecified atom stereocenters. The topological polar surface area (TPSA) is 54.8 Å². The van der Waals surface area contributed by atoms with Gasteiger partial charge in [0.25, 0.3) is 0 Å². The number of fused-ring (bicyclic) bond motifs is 1. The average Bonchev–Trinajstić information content (AvgIpc) is 3.11. The molecule has 2 aliphatic rings. The molecule has 1 aliphatic heterocycles. The number of ether oxygens (including phenoxy) is 2. The lowest BCUT2D eigenvalue weighted by Crippen LogP contribution is -2.42. The number of benzene rings is 1. The Morgan fingerprint density at radius 3 is 2.45 bits per heavy atom. The smallest absolute Gasteiger partial charge is 0.416 e. The molecule has 1 aromatic carbocycles. The highest BCUT2D eigenvalue weighted by atomic mass is 19.4. The van der Waals surface area contributed by atoms with Gasteiger partial charge >= 0.3 is 6.18 Å². The van der Waals surface area contributed by atoms with E-state index < -0.39 is 17.8 Å². The molecule has 8 heteroatoms. The molecular formula is C21H23F3N2O3. The molecule has 5 nitrogen and oxygen atoms in total. The van der Waals surface area contributed by atoms with Crippen LogP contribution in [0.15, 0.2) is 42.6 Å². The van der Waals surface area contributed by atoms with E-state index in [2.05, 4.69) is 4.98 Å². The number of rotatable bonds is 4. The highest BCUT2D eigenvalue weighted by molar-refractivity contribution is 5.44. The highest BCUT2D eigenvalue weighted by Crippen LogP contribution is 2.41. The Hall–Kier alpha value is -2.48. The van der Waals surface area contributed by atoms with Crippen molar-refractivity contribution >= 4 is 5.82 Å². The maximum absolute atomic E-state index is 13.0. The number of para-hydroxylation sites is 2.